The van der Waals surface area contributed by atoms with Gasteiger partial charge in [0.25, 0.3) is 0 Å². The van der Waals surface area contributed by atoms with Crippen LogP contribution in [-0.4, -0.2) is 40.6 Å². The maximum atomic E-state index is 13.3. The molecule has 0 fully saturated rings. The highest BCUT2D eigenvalue weighted by molar-refractivity contribution is 7.91. The van der Waals surface area contributed by atoms with Gasteiger partial charge in [0.1, 0.15) is 11.8 Å². The average molecular weight is 483 g/mol. The summed E-state index contributed by atoms with van der Waals surface area (Å²) in [5, 5.41) is 2.50. The van der Waals surface area contributed by atoms with Crippen molar-refractivity contribution in [3.63, 3.8) is 0 Å². The Labute approximate surface area is 198 Å². The SMILES string of the molecule is COc1ccc(N(C)C(=O)[C@H](Cc2ccccc2)NC(=O)NS(=O)(=O)Nc2ccccc2)cc1. The summed E-state index contributed by atoms with van der Waals surface area (Å²) >= 11 is 0. The minimum atomic E-state index is -4.21. The van der Waals surface area contributed by atoms with E-state index in [1.165, 1.54) is 4.90 Å². The van der Waals surface area contributed by atoms with E-state index in [9.17, 15) is 18.0 Å². The van der Waals surface area contributed by atoms with Crippen molar-refractivity contribution >= 4 is 33.5 Å². The number of carbonyl (C=O) groups excluding carboxylic acids is 2. The summed E-state index contributed by atoms with van der Waals surface area (Å²) in [5.41, 5.74) is 1.68. The second-order valence-electron chi connectivity index (χ2n) is 7.38. The summed E-state index contributed by atoms with van der Waals surface area (Å²) in [5.74, 6) is 0.219. The summed E-state index contributed by atoms with van der Waals surface area (Å²) in [6.45, 7) is 0. The topological polar surface area (TPSA) is 117 Å². The number of methoxy groups -OCH3 is 1. The fourth-order valence-electron chi connectivity index (χ4n) is 3.21. The summed E-state index contributed by atoms with van der Waals surface area (Å²) in [7, 11) is -1.09. The predicted octanol–water partition coefficient (Wildman–Crippen LogP) is 2.93. The molecule has 3 rings (SSSR count). The zero-order chi connectivity index (χ0) is 24.6. The van der Waals surface area contributed by atoms with Crippen molar-refractivity contribution in [3.05, 3.63) is 90.5 Å². The van der Waals surface area contributed by atoms with Crippen LogP contribution in [0.15, 0.2) is 84.9 Å². The zero-order valence-electron chi connectivity index (χ0n) is 18.8. The van der Waals surface area contributed by atoms with E-state index in [1.54, 1.807) is 68.8 Å². The van der Waals surface area contributed by atoms with Crippen LogP contribution in [0.4, 0.5) is 16.2 Å². The monoisotopic (exact) mass is 482 g/mol. The molecule has 0 aliphatic rings. The minimum absolute atomic E-state index is 0.166. The van der Waals surface area contributed by atoms with E-state index in [-0.39, 0.29) is 6.42 Å². The molecule has 3 aromatic rings. The number of anilines is 2. The Morgan fingerprint density at radius 1 is 0.912 bits per heavy atom. The Morgan fingerprint density at radius 3 is 2.09 bits per heavy atom. The molecule has 0 saturated heterocycles. The van der Waals surface area contributed by atoms with Crippen LogP contribution in [0, 0.1) is 0 Å². The quantitative estimate of drug-likeness (QED) is 0.434. The van der Waals surface area contributed by atoms with Crippen LogP contribution in [0.1, 0.15) is 5.56 Å². The highest BCUT2D eigenvalue weighted by Crippen LogP contribution is 2.19. The molecule has 0 unspecified atom stereocenters. The molecule has 0 spiro atoms. The van der Waals surface area contributed by atoms with Crippen molar-refractivity contribution in [2.45, 2.75) is 12.5 Å². The Bertz CT molecular complexity index is 1200. The van der Waals surface area contributed by atoms with Gasteiger partial charge in [-0.2, -0.15) is 8.42 Å². The molecule has 0 aliphatic heterocycles. The molecule has 3 aromatic carbocycles. The van der Waals surface area contributed by atoms with Crippen LogP contribution in [0.3, 0.4) is 0 Å². The largest absolute Gasteiger partial charge is 0.497 e. The Morgan fingerprint density at radius 2 is 1.50 bits per heavy atom. The van der Waals surface area contributed by atoms with Crippen LogP contribution in [0.25, 0.3) is 0 Å². The number of amides is 3. The first-order valence-electron chi connectivity index (χ1n) is 10.4. The highest BCUT2D eigenvalue weighted by atomic mass is 32.2. The number of nitrogens with zero attached hydrogens (tertiary/aromatic N) is 1. The lowest BCUT2D eigenvalue weighted by Gasteiger charge is -2.25. The van der Waals surface area contributed by atoms with Gasteiger partial charge in [0.05, 0.1) is 12.8 Å². The molecule has 3 N–H and O–H groups in total. The first kappa shape index (κ1) is 24.6. The standard InChI is InChI=1S/C24H26N4O5S/c1-28(20-13-15-21(33-2)16-14-20)23(29)22(17-18-9-5-3-6-10-18)25-24(30)27-34(31,32)26-19-11-7-4-8-12-19/h3-16,22,26H,17H2,1-2H3,(H2,25,27,30)/t22-/m0/s1. The van der Waals surface area contributed by atoms with Gasteiger partial charge in [0.15, 0.2) is 0 Å². The number of hydrogen-bond acceptors (Lipinski definition) is 5. The van der Waals surface area contributed by atoms with E-state index in [0.29, 0.717) is 17.1 Å². The molecule has 0 aliphatic carbocycles. The lowest BCUT2D eigenvalue weighted by Crippen LogP contribution is -2.53. The van der Waals surface area contributed by atoms with Gasteiger partial charge in [-0.3, -0.25) is 9.52 Å². The summed E-state index contributed by atoms with van der Waals surface area (Å²) in [6, 6.07) is 22.0. The van der Waals surface area contributed by atoms with Gasteiger partial charge >= 0.3 is 16.2 Å². The fourth-order valence-corrected chi connectivity index (χ4v) is 4.01. The van der Waals surface area contributed by atoms with Gasteiger partial charge < -0.3 is 15.0 Å². The summed E-state index contributed by atoms with van der Waals surface area (Å²) in [6.07, 6.45) is 0.166. The van der Waals surface area contributed by atoms with Gasteiger partial charge in [0.2, 0.25) is 5.91 Å². The zero-order valence-corrected chi connectivity index (χ0v) is 19.6. The van der Waals surface area contributed by atoms with Crippen molar-refractivity contribution in [2.75, 3.05) is 23.8 Å². The molecule has 3 amide bonds. The van der Waals surface area contributed by atoms with E-state index in [0.717, 1.165) is 5.56 Å². The van der Waals surface area contributed by atoms with Crippen LogP contribution >= 0.6 is 0 Å². The lowest BCUT2D eigenvalue weighted by atomic mass is 10.0. The molecular formula is C24H26N4O5S. The van der Waals surface area contributed by atoms with E-state index in [4.69, 9.17) is 4.74 Å². The van der Waals surface area contributed by atoms with Gasteiger partial charge in [-0.1, -0.05) is 48.5 Å². The fraction of sp³-hybridized carbons (Fsp3) is 0.167. The van der Waals surface area contributed by atoms with Crippen molar-refractivity contribution in [3.8, 4) is 5.75 Å². The second kappa shape index (κ2) is 11.2. The number of likely N-dealkylation sites (N-methyl/N-ethyl adjacent to an activating group) is 1. The Kier molecular flexibility index (Phi) is 8.10. The first-order valence-corrected chi connectivity index (χ1v) is 11.9. The normalized spacial score (nSPS) is 11.7. The van der Waals surface area contributed by atoms with Gasteiger partial charge in [-0.25, -0.2) is 9.52 Å². The third kappa shape index (κ3) is 6.97. The molecule has 9 nitrogen and oxygen atoms in total. The van der Waals surface area contributed by atoms with E-state index >= 15 is 0 Å². The van der Waals surface area contributed by atoms with Crippen LogP contribution in [0.2, 0.25) is 0 Å². The maximum absolute atomic E-state index is 13.3. The van der Waals surface area contributed by atoms with E-state index in [2.05, 4.69) is 10.0 Å². The van der Waals surface area contributed by atoms with Crippen molar-refractivity contribution in [1.29, 1.82) is 0 Å². The molecule has 10 heteroatoms. The number of benzene rings is 3. The first-order chi connectivity index (χ1) is 16.3. The molecular weight excluding hydrogens is 456 g/mol. The molecule has 0 heterocycles. The third-order valence-corrected chi connectivity index (χ3v) is 5.89. The Balaban J connectivity index is 1.75. The molecule has 178 valence electrons. The predicted molar refractivity (Wildman–Crippen MR) is 131 cm³/mol. The smallest absolute Gasteiger partial charge is 0.330 e. The number of urea groups is 1. The van der Waals surface area contributed by atoms with Crippen LogP contribution in [-0.2, 0) is 21.4 Å². The summed E-state index contributed by atoms with van der Waals surface area (Å²) in [4.78, 5) is 27.2. The molecule has 0 aromatic heterocycles. The highest BCUT2D eigenvalue weighted by Gasteiger charge is 2.27. The van der Waals surface area contributed by atoms with Crippen LogP contribution in [0.5, 0.6) is 5.75 Å². The molecule has 34 heavy (non-hydrogen) atoms. The van der Waals surface area contributed by atoms with Gasteiger partial charge in [-0.15, -0.1) is 0 Å². The van der Waals surface area contributed by atoms with Crippen molar-refractivity contribution < 1.29 is 22.7 Å². The Hall–Kier alpha value is -4.05. The van der Waals surface area contributed by atoms with Crippen LogP contribution < -0.4 is 24.4 Å². The maximum Gasteiger partial charge on any atom is 0.330 e. The van der Waals surface area contributed by atoms with Gasteiger partial charge in [0, 0.05) is 19.2 Å². The number of rotatable bonds is 9. The van der Waals surface area contributed by atoms with Crippen molar-refractivity contribution in [2.24, 2.45) is 0 Å². The number of ether oxygens (including phenoxy) is 1. The third-order valence-electron chi connectivity index (χ3n) is 4.93. The average Bonchev–Trinajstić information content (AvgIpc) is 2.83. The number of para-hydroxylation sites is 1. The summed E-state index contributed by atoms with van der Waals surface area (Å²) < 4.78 is 34.0. The number of nitrogens with one attached hydrogen (secondary N) is 3. The number of carbonyl (C=O) groups is 2. The van der Waals surface area contributed by atoms with Crippen molar-refractivity contribution in [1.82, 2.24) is 10.0 Å². The molecule has 0 bridgehead atoms. The second-order valence-corrected chi connectivity index (χ2v) is 8.80. The molecule has 0 radical (unpaired) electrons. The lowest BCUT2D eigenvalue weighted by molar-refractivity contribution is -0.120. The number of hydrogen-bond donors (Lipinski definition) is 3. The van der Waals surface area contributed by atoms with Gasteiger partial charge in [-0.05, 0) is 42.0 Å². The molecule has 1 atom stereocenters. The van der Waals surface area contributed by atoms with E-state index in [1.807, 2.05) is 35.1 Å². The molecule has 0 saturated carbocycles. The minimum Gasteiger partial charge on any atom is -0.497 e. The van der Waals surface area contributed by atoms with E-state index < -0.39 is 28.2 Å².